The van der Waals surface area contributed by atoms with Gasteiger partial charge in [-0.3, -0.25) is 5.10 Å². The largest absolute Gasteiger partial charge is 0.332 e. The molecule has 0 aliphatic carbocycles. The van der Waals surface area contributed by atoms with E-state index in [0.29, 0.717) is 6.54 Å². The van der Waals surface area contributed by atoms with Gasteiger partial charge in [0.25, 0.3) is 0 Å². The van der Waals surface area contributed by atoms with Crippen molar-refractivity contribution >= 4 is 17.4 Å². The van der Waals surface area contributed by atoms with Crippen molar-refractivity contribution in [1.82, 2.24) is 25.4 Å². The number of hydrogen-bond acceptors (Lipinski definition) is 4. The minimum absolute atomic E-state index is 0.0162. The van der Waals surface area contributed by atoms with Gasteiger partial charge in [0.05, 0.1) is 29.0 Å². The van der Waals surface area contributed by atoms with Gasteiger partial charge in [0.15, 0.2) is 0 Å². The number of urea groups is 1. The number of aryl methyl sites for hydroxylation is 4. The van der Waals surface area contributed by atoms with Crippen molar-refractivity contribution in [1.29, 1.82) is 0 Å². The lowest BCUT2D eigenvalue weighted by Crippen LogP contribution is -2.39. The van der Waals surface area contributed by atoms with Crippen LogP contribution in [0.5, 0.6) is 0 Å². The van der Waals surface area contributed by atoms with Gasteiger partial charge in [0.2, 0.25) is 0 Å². The highest BCUT2D eigenvalue weighted by atomic mass is 32.1. The molecule has 0 bridgehead atoms. The number of nitrogens with zero attached hydrogens (tertiary/aromatic N) is 3. The molecule has 2 aromatic rings. The highest BCUT2D eigenvalue weighted by molar-refractivity contribution is 7.11. The average Bonchev–Trinajstić information content (AvgIpc) is 3.17. The lowest BCUT2D eigenvalue weighted by molar-refractivity contribution is 0.192. The van der Waals surface area contributed by atoms with E-state index in [9.17, 15) is 4.79 Å². The summed E-state index contributed by atoms with van der Waals surface area (Å²) < 4.78 is 0. The standard InChI is InChI=1S/C16H23N5OS/c1-9-15(10(2)20-19-9)14-6-5-7-21(14)16(22)17-8-13-11(3)23-12(4)18-13/h14H,5-8H2,1-4H3,(H,17,22)(H,19,20)/t14-/m1/s1. The first kappa shape index (κ1) is 16.0. The van der Waals surface area contributed by atoms with Gasteiger partial charge in [-0.15, -0.1) is 11.3 Å². The SMILES string of the molecule is Cc1nc(CNC(=O)N2CCC[C@@H]2c2c(C)n[nH]c2C)c(C)s1. The molecule has 7 heteroatoms. The molecule has 2 aromatic heterocycles. The topological polar surface area (TPSA) is 73.9 Å². The summed E-state index contributed by atoms with van der Waals surface area (Å²) in [6.45, 7) is 9.32. The van der Waals surface area contributed by atoms with Gasteiger partial charge >= 0.3 is 6.03 Å². The molecule has 1 saturated heterocycles. The summed E-state index contributed by atoms with van der Waals surface area (Å²) in [6.07, 6.45) is 2.01. The van der Waals surface area contributed by atoms with Crippen molar-refractivity contribution in [2.45, 2.75) is 53.1 Å². The Labute approximate surface area is 140 Å². The molecule has 1 fully saturated rings. The summed E-state index contributed by atoms with van der Waals surface area (Å²) in [5, 5.41) is 11.4. The number of hydrogen-bond donors (Lipinski definition) is 2. The zero-order chi connectivity index (χ0) is 16.6. The first-order chi connectivity index (χ1) is 11.0. The molecule has 23 heavy (non-hydrogen) atoms. The normalized spacial score (nSPS) is 17.7. The van der Waals surface area contributed by atoms with Crippen molar-refractivity contribution in [2.24, 2.45) is 0 Å². The lowest BCUT2D eigenvalue weighted by Gasteiger charge is -2.25. The number of amides is 2. The maximum atomic E-state index is 12.6. The van der Waals surface area contributed by atoms with Gasteiger partial charge in [-0.25, -0.2) is 9.78 Å². The van der Waals surface area contributed by atoms with Crippen molar-refractivity contribution in [3.63, 3.8) is 0 Å². The van der Waals surface area contributed by atoms with Crippen LogP contribution in [0.3, 0.4) is 0 Å². The number of thiazole rings is 1. The molecule has 2 amide bonds. The highest BCUT2D eigenvalue weighted by Crippen LogP contribution is 2.34. The molecule has 0 radical (unpaired) electrons. The molecule has 0 aromatic carbocycles. The van der Waals surface area contributed by atoms with Gasteiger partial charge in [0, 0.05) is 22.7 Å². The Balaban J connectivity index is 1.70. The monoisotopic (exact) mass is 333 g/mol. The van der Waals surface area contributed by atoms with Crippen LogP contribution in [0.25, 0.3) is 0 Å². The molecule has 2 N–H and O–H groups in total. The maximum absolute atomic E-state index is 12.6. The molecule has 6 nitrogen and oxygen atoms in total. The van der Waals surface area contributed by atoms with E-state index in [2.05, 4.69) is 20.5 Å². The van der Waals surface area contributed by atoms with Gasteiger partial charge in [-0.1, -0.05) is 0 Å². The van der Waals surface area contributed by atoms with Gasteiger partial charge in [-0.05, 0) is 40.5 Å². The summed E-state index contributed by atoms with van der Waals surface area (Å²) in [7, 11) is 0. The predicted octanol–water partition coefficient (Wildman–Crippen LogP) is 3.15. The van der Waals surface area contributed by atoms with Crippen LogP contribution in [-0.4, -0.2) is 32.7 Å². The lowest BCUT2D eigenvalue weighted by atomic mass is 10.0. The van der Waals surface area contributed by atoms with E-state index < -0.39 is 0 Å². The summed E-state index contributed by atoms with van der Waals surface area (Å²) >= 11 is 1.67. The first-order valence-electron chi connectivity index (χ1n) is 7.96. The second-order valence-corrected chi connectivity index (χ2v) is 7.50. The van der Waals surface area contributed by atoms with E-state index in [4.69, 9.17) is 0 Å². The van der Waals surface area contributed by atoms with Crippen LogP contribution in [0.4, 0.5) is 4.79 Å². The molecular formula is C16H23N5OS. The molecular weight excluding hydrogens is 310 g/mol. The average molecular weight is 333 g/mol. The number of carbonyl (C=O) groups is 1. The van der Waals surface area contributed by atoms with E-state index in [-0.39, 0.29) is 12.1 Å². The number of H-pyrrole nitrogens is 1. The Kier molecular flexibility index (Phi) is 4.39. The quantitative estimate of drug-likeness (QED) is 0.906. The van der Waals surface area contributed by atoms with Gasteiger partial charge in [-0.2, -0.15) is 5.10 Å². The second-order valence-electron chi connectivity index (χ2n) is 6.09. The molecule has 0 saturated carbocycles. The van der Waals surface area contributed by atoms with Crippen LogP contribution < -0.4 is 5.32 Å². The zero-order valence-electron chi connectivity index (χ0n) is 14.1. The zero-order valence-corrected chi connectivity index (χ0v) is 14.9. The molecule has 0 unspecified atom stereocenters. The number of rotatable bonds is 3. The third-order valence-electron chi connectivity index (χ3n) is 4.44. The minimum Gasteiger partial charge on any atom is -0.332 e. The molecule has 0 spiro atoms. The second kappa shape index (κ2) is 6.31. The molecule has 3 heterocycles. The van der Waals surface area contributed by atoms with E-state index in [1.807, 2.05) is 32.6 Å². The van der Waals surface area contributed by atoms with E-state index >= 15 is 0 Å². The fourth-order valence-corrected chi connectivity index (χ4v) is 4.19. The summed E-state index contributed by atoms with van der Waals surface area (Å²) in [5.41, 5.74) is 4.17. The van der Waals surface area contributed by atoms with Crippen molar-refractivity contribution in [3.05, 3.63) is 32.5 Å². The van der Waals surface area contributed by atoms with Crippen LogP contribution in [0.15, 0.2) is 0 Å². The third kappa shape index (κ3) is 3.10. The van der Waals surface area contributed by atoms with E-state index in [1.165, 1.54) is 10.4 Å². The van der Waals surface area contributed by atoms with Crippen molar-refractivity contribution in [2.75, 3.05) is 6.54 Å². The predicted molar refractivity (Wildman–Crippen MR) is 90.6 cm³/mol. The minimum atomic E-state index is -0.0162. The van der Waals surface area contributed by atoms with Gasteiger partial charge in [0.1, 0.15) is 0 Å². The van der Waals surface area contributed by atoms with Crippen LogP contribution in [-0.2, 0) is 6.54 Å². The molecule has 1 aliphatic heterocycles. The fourth-order valence-electron chi connectivity index (χ4n) is 3.36. The molecule has 1 aliphatic rings. The summed E-state index contributed by atoms with van der Waals surface area (Å²) in [5.74, 6) is 0. The van der Waals surface area contributed by atoms with E-state index in [0.717, 1.165) is 41.5 Å². The first-order valence-corrected chi connectivity index (χ1v) is 8.78. The fraction of sp³-hybridized carbons (Fsp3) is 0.562. The third-order valence-corrected chi connectivity index (χ3v) is 5.37. The summed E-state index contributed by atoms with van der Waals surface area (Å²) in [4.78, 5) is 20.2. The number of carbonyl (C=O) groups excluding carboxylic acids is 1. The number of nitrogens with one attached hydrogen (secondary N) is 2. The highest BCUT2D eigenvalue weighted by Gasteiger charge is 2.32. The summed E-state index contributed by atoms with van der Waals surface area (Å²) in [6, 6.07) is 0.101. The van der Waals surface area contributed by atoms with Crippen molar-refractivity contribution < 1.29 is 4.79 Å². The Morgan fingerprint density at radius 3 is 2.78 bits per heavy atom. The molecule has 1 atom stereocenters. The van der Waals surface area contributed by atoms with Crippen LogP contribution in [0.1, 0.15) is 51.4 Å². The molecule has 124 valence electrons. The number of aromatic nitrogens is 3. The Morgan fingerprint density at radius 1 is 1.39 bits per heavy atom. The van der Waals surface area contributed by atoms with Crippen LogP contribution >= 0.6 is 11.3 Å². The number of likely N-dealkylation sites (tertiary alicyclic amines) is 1. The maximum Gasteiger partial charge on any atom is 0.318 e. The van der Waals surface area contributed by atoms with Crippen LogP contribution in [0, 0.1) is 27.7 Å². The smallest absolute Gasteiger partial charge is 0.318 e. The van der Waals surface area contributed by atoms with Gasteiger partial charge < -0.3 is 10.2 Å². The molecule has 3 rings (SSSR count). The Morgan fingerprint density at radius 2 is 2.17 bits per heavy atom. The van der Waals surface area contributed by atoms with Crippen molar-refractivity contribution in [3.8, 4) is 0 Å². The van der Waals surface area contributed by atoms with Crippen LogP contribution in [0.2, 0.25) is 0 Å². The Bertz CT molecular complexity index is 701. The van der Waals surface area contributed by atoms with E-state index in [1.54, 1.807) is 11.3 Å². The number of aromatic amines is 1. The Hall–Kier alpha value is -1.89.